The number of hydrogen-bond acceptors (Lipinski definition) is 5. The van der Waals surface area contributed by atoms with Crippen LogP contribution in [-0.2, 0) is 0 Å². The molecule has 2 aromatic heterocycles. The summed E-state index contributed by atoms with van der Waals surface area (Å²) in [5, 5.41) is 13.5. The maximum atomic E-state index is 13.6. The van der Waals surface area contributed by atoms with Gasteiger partial charge < -0.3 is 4.42 Å². The zero-order chi connectivity index (χ0) is 14.8. The first-order valence-electron chi connectivity index (χ1n) is 5.76. The molecule has 0 bridgehead atoms. The summed E-state index contributed by atoms with van der Waals surface area (Å²) in [6.45, 7) is 0. The highest BCUT2D eigenvalue weighted by Crippen LogP contribution is 2.23. The third-order valence-electron chi connectivity index (χ3n) is 2.60. The molecule has 0 aliphatic heterocycles. The number of nitrogens with one attached hydrogen (secondary N) is 1. The fourth-order valence-electron chi connectivity index (χ4n) is 1.65. The lowest BCUT2D eigenvalue weighted by molar-refractivity contribution is 0.102. The average Bonchev–Trinajstić information content (AvgIpc) is 3.08. The van der Waals surface area contributed by atoms with Gasteiger partial charge in [-0.3, -0.25) is 10.1 Å². The molecule has 5 nitrogen and oxygen atoms in total. The summed E-state index contributed by atoms with van der Waals surface area (Å²) in [7, 11) is 0. The maximum absolute atomic E-state index is 13.6. The Labute approximate surface area is 127 Å². The Kier molecular flexibility index (Phi) is 3.68. The van der Waals surface area contributed by atoms with E-state index in [1.54, 1.807) is 6.07 Å². The van der Waals surface area contributed by atoms with Gasteiger partial charge in [0.2, 0.25) is 0 Å². The highest BCUT2D eigenvalue weighted by molar-refractivity contribution is 7.08. The van der Waals surface area contributed by atoms with Crippen LogP contribution in [0.1, 0.15) is 10.4 Å². The number of aromatic nitrogens is 2. The summed E-state index contributed by atoms with van der Waals surface area (Å²) >= 11 is 7.29. The van der Waals surface area contributed by atoms with E-state index in [1.807, 2.05) is 10.8 Å². The lowest BCUT2D eigenvalue weighted by atomic mass is 10.2. The van der Waals surface area contributed by atoms with E-state index in [0.29, 0.717) is 0 Å². The van der Waals surface area contributed by atoms with Crippen LogP contribution in [0.3, 0.4) is 0 Å². The minimum atomic E-state index is -0.751. The van der Waals surface area contributed by atoms with Crippen molar-refractivity contribution in [3.8, 4) is 11.5 Å². The van der Waals surface area contributed by atoms with Crippen molar-refractivity contribution in [1.29, 1.82) is 0 Å². The Bertz CT molecular complexity index is 768. The molecule has 1 amide bonds. The zero-order valence-corrected chi connectivity index (χ0v) is 11.9. The van der Waals surface area contributed by atoms with E-state index in [0.717, 1.165) is 11.6 Å². The van der Waals surface area contributed by atoms with Gasteiger partial charge in [0.15, 0.2) is 0 Å². The van der Waals surface area contributed by atoms with Crippen molar-refractivity contribution in [2.45, 2.75) is 0 Å². The highest BCUT2D eigenvalue weighted by Gasteiger charge is 2.18. The largest absolute Gasteiger partial charge is 0.403 e. The maximum Gasteiger partial charge on any atom is 0.322 e. The van der Waals surface area contributed by atoms with E-state index in [-0.39, 0.29) is 22.5 Å². The number of nitrogens with zero attached hydrogens (tertiary/aromatic N) is 2. The Morgan fingerprint density at radius 1 is 1.33 bits per heavy atom. The predicted molar refractivity (Wildman–Crippen MR) is 77.0 cm³/mol. The van der Waals surface area contributed by atoms with Crippen LogP contribution in [0.2, 0.25) is 5.02 Å². The van der Waals surface area contributed by atoms with Gasteiger partial charge in [-0.15, -0.1) is 5.10 Å². The molecule has 1 aromatic carbocycles. The fourth-order valence-corrected chi connectivity index (χ4v) is 2.53. The first kappa shape index (κ1) is 13.7. The molecule has 0 fully saturated rings. The first-order valence-corrected chi connectivity index (χ1v) is 7.08. The molecule has 21 heavy (non-hydrogen) atoms. The topological polar surface area (TPSA) is 68.0 Å². The first-order chi connectivity index (χ1) is 10.1. The SMILES string of the molecule is O=C(Nc1nnc(-c2ccsc2)o1)c1c(F)cccc1Cl. The van der Waals surface area contributed by atoms with Crippen LogP contribution in [0, 0.1) is 5.82 Å². The number of hydrogen-bond donors (Lipinski definition) is 1. The molecular weight excluding hydrogens is 317 g/mol. The number of halogens is 2. The standard InChI is InChI=1S/C13H7ClFN3O2S/c14-8-2-1-3-9(15)10(8)11(19)16-13-18-17-12(20-13)7-4-5-21-6-7/h1-6H,(H,16,18,19). The number of carbonyl (C=O) groups excluding carboxylic acids is 1. The van der Waals surface area contributed by atoms with E-state index in [2.05, 4.69) is 15.5 Å². The second kappa shape index (κ2) is 5.63. The molecule has 3 rings (SSSR count). The lowest BCUT2D eigenvalue weighted by Crippen LogP contribution is -2.14. The van der Waals surface area contributed by atoms with Gasteiger partial charge >= 0.3 is 6.01 Å². The highest BCUT2D eigenvalue weighted by atomic mass is 35.5. The number of rotatable bonds is 3. The van der Waals surface area contributed by atoms with E-state index < -0.39 is 11.7 Å². The Hall–Kier alpha value is -2.25. The van der Waals surface area contributed by atoms with Crippen LogP contribution < -0.4 is 5.32 Å². The van der Waals surface area contributed by atoms with E-state index >= 15 is 0 Å². The van der Waals surface area contributed by atoms with E-state index in [9.17, 15) is 9.18 Å². The van der Waals surface area contributed by atoms with Crippen LogP contribution in [0.5, 0.6) is 0 Å². The molecule has 3 aromatic rings. The minimum absolute atomic E-state index is 0.00470. The smallest absolute Gasteiger partial charge is 0.322 e. The normalized spacial score (nSPS) is 10.6. The summed E-state index contributed by atoms with van der Waals surface area (Å²) in [4.78, 5) is 12.0. The molecule has 2 heterocycles. The third kappa shape index (κ3) is 2.79. The van der Waals surface area contributed by atoms with Crippen molar-refractivity contribution in [3.63, 3.8) is 0 Å². The Morgan fingerprint density at radius 2 is 2.19 bits per heavy atom. The number of benzene rings is 1. The molecule has 8 heteroatoms. The molecule has 0 radical (unpaired) electrons. The van der Waals surface area contributed by atoms with Crippen LogP contribution in [0.15, 0.2) is 39.4 Å². The van der Waals surface area contributed by atoms with Gasteiger partial charge in [0.25, 0.3) is 11.8 Å². The molecule has 0 unspecified atom stereocenters. The van der Waals surface area contributed by atoms with Crippen LogP contribution in [0.25, 0.3) is 11.5 Å². The quantitative estimate of drug-likeness (QED) is 0.795. The number of amides is 1. The minimum Gasteiger partial charge on any atom is -0.403 e. The number of carbonyl (C=O) groups is 1. The van der Waals surface area contributed by atoms with E-state index in [1.165, 1.54) is 23.5 Å². The molecule has 106 valence electrons. The molecule has 0 aliphatic carbocycles. The molecule has 0 aliphatic rings. The molecule has 0 spiro atoms. The van der Waals surface area contributed by atoms with Crippen LogP contribution in [0.4, 0.5) is 10.4 Å². The molecule has 1 N–H and O–H groups in total. The second-order valence-corrected chi connectivity index (χ2v) is 5.16. The van der Waals surface area contributed by atoms with Gasteiger partial charge in [0, 0.05) is 10.9 Å². The van der Waals surface area contributed by atoms with Gasteiger partial charge in [-0.25, -0.2) is 4.39 Å². The third-order valence-corrected chi connectivity index (χ3v) is 3.60. The average molecular weight is 324 g/mol. The Morgan fingerprint density at radius 3 is 2.90 bits per heavy atom. The van der Waals surface area contributed by atoms with Crippen molar-refractivity contribution < 1.29 is 13.6 Å². The molecular formula is C13H7ClFN3O2S. The van der Waals surface area contributed by atoms with Gasteiger partial charge in [-0.1, -0.05) is 22.8 Å². The van der Waals surface area contributed by atoms with Gasteiger partial charge in [-0.2, -0.15) is 11.3 Å². The van der Waals surface area contributed by atoms with Gasteiger partial charge in [0.1, 0.15) is 5.82 Å². The second-order valence-electron chi connectivity index (χ2n) is 3.98. The number of thiophene rings is 1. The molecule has 0 saturated heterocycles. The predicted octanol–water partition coefficient (Wildman–Crippen LogP) is 3.84. The molecule has 0 saturated carbocycles. The van der Waals surface area contributed by atoms with Crippen molar-refractivity contribution in [3.05, 3.63) is 51.4 Å². The summed E-state index contributed by atoms with van der Waals surface area (Å²) in [5.74, 6) is -1.21. The van der Waals surface area contributed by atoms with Crippen molar-refractivity contribution in [1.82, 2.24) is 10.2 Å². The molecule has 0 atom stereocenters. The summed E-state index contributed by atoms with van der Waals surface area (Å²) in [6, 6.07) is 5.66. The van der Waals surface area contributed by atoms with E-state index in [4.69, 9.17) is 16.0 Å². The van der Waals surface area contributed by atoms with Gasteiger partial charge in [-0.05, 0) is 23.6 Å². The van der Waals surface area contributed by atoms with Crippen molar-refractivity contribution in [2.24, 2.45) is 0 Å². The number of anilines is 1. The summed E-state index contributed by atoms with van der Waals surface area (Å²) < 4.78 is 18.9. The summed E-state index contributed by atoms with van der Waals surface area (Å²) in [5.41, 5.74) is 0.478. The van der Waals surface area contributed by atoms with Crippen molar-refractivity contribution >= 4 is 34.9 Å². The van der Waals surface area contributed by atoms with Crippen molar-refractivity contribution in [2.75, 3.05) is 5.32 Å². The summed E-state index contributed by atoms with van der Waals surface area (Å²) in [6.07, 6.45) is 0. The lowest BCUT2D eigenvalue weighted by Gasteiger charge is -2.03. The zero-order valence-electron chi connectivity index (χ0n) is 10.3. The van der Waals surface area contributed by atoms with Crippen LogP contribution in [-0.4, -0.2) is 16.1 Å². The van der Waals surface area contributed by atoms with Gasteiger partial charge in [0.05, 0.1) is 10.6 Å². The monoisotopic (exact) mass is 323 g/mol. The fraction of sp³-hybridized carbons (Fsp3) is 0. The van der Waals surface area contributed by atoms with Crippen LogP contribution >= 0.6 is 22.9 Å². The Balaban J connectivity index is 1.82.